The van der Waals surface area contributed by atoms with Crippen molar-refractivity contribution >= 4 is 49.3 Å². The van der Waals surface area contributed by atoms with Crippen LogP contribution in [0.1, 0.15) is 5.56 Å². The number of carbonyl (C=O) groups is 1. The number of hydrogen-bond acceptors (Lipinski definition) is 3. The van der Waals surface area contributed by atoms with E-state index in [1.807, 2.05) is 18.2 Å². The number of halogens is 2. The minimum absolute atomic E-state index is 0.194. The van der Waals surface area contributed by atoms with Gasteiger partial charge in [0.05, 0.1) is 5.56 Å². The van der Waals surface area contributed by atoms with Crippen molar-refractivity contribution in [3.63, 3.8) is 0 Å². The van der Waals surface area contributed by atoms with Crippen molar-refractivity contribution in [3.8, 4) is 0 Å². The second-order valence-electron chi connectivity index (χ2n) is 2.87. The molecule has 1 aromatic carbocycles. The van der Waals surface area contributed by atoms with Crippen LogP contribution in [0.2, 0.25) is 0 Å². The summed E-state index contributed by atoms with van der Waals surface area (Å²) in [6.07, 6.45) is 0. The topological polar surface area (TPSA) is 39.4 Å². The van der Waals surface area contributed by atoms with Crippen molar-refractivity contribution in [2.45, 2.75) is 6.61 Å². The normalized spacial score (nSPS) is 10.5. The van der Waals surface area contributed by atoms with Gasteiger partial charge in [-0.3, -0.25) is 4.79 Å². The molecule has 0 aliphatic heterocycles. The molecule has 0 aliphatic carbocycles. The molecule has 0 saturated carbocycles. The number of ether oxygens (including phenoxy) is 1. The Kier molecular flexibility index (Phi) is 3.11. The van der Waals surface area contributed by atoms with E-state index in [4.69, 9.17) is 9.15 Å². The van der Waals surface area contributed by atoms with Crippen LogP contribution in [0.3, 0.4) is 0 Å². The van der Waals surface area contributed by atoms with Crippen LogP contribution in [0.15, 0.2) is 31.8 Å². The van der Waals surface area contributed by atoms with E-state index in [1.165, 1.54) is 0 Å². The van der Waals surface area contributed by atoms with Crippen molar-refractivity contribution in [2.75, 3.05) is 0 Å². The predicted octanol–water partition coefficient (Wildman–Crippen LogP) is 3.63. The Morgan fingerprint density at radius 2 is 2.20 bits per heavy atom. The molecule has 0 amide bonds. The van der Waals surface area contributed by atoms with Crippen LogP contribution < -0.4 is 0 Å². The van der Waals surface area contributed by atoms with E-state index in [-0.39, 0.29) is 6.61 Å². The lowest BCUT2D eigenvalue weighted by Crippen LogP contribution is -1.89. The molecule has 3 nitrogen and oxygen atoms in total. The second-order valence-corrected chi connectivity index (χ2v) is 4.45. The smallest absolute Gasteiger partial charge is 0.293 e. The molecule has 0 spiro atoms. The summed E-state index contributed by atoms with van der Waals surface area (Å²) in [5.41, 5.74) is 1.57. The van der Waals surface area contributed by atoms with Gasteiger partial charge in [-0.15, -0.1) is 0 Å². The lowest BCUT2D eigenvalue weighted by molar-refractivity contribution is -0.129. The number of rotatable bonds is 3. The largest absolute Gasteiger partial charge is 0.463 e. The van der Waals surface area contributed by atoms with Gasteiger partial charge in [-0.25, -0.2) is 0 Å². The molecular formula is C10H6Br2O3. The molecule has 5 heteroatoms. The summed E-state index contributed by atoms with van der Waals surface area (Å²) in [7, 11) is 0. The van der Waals surface area contributed by atoms with Crippen LogP contribution >= 0.6 is 31.9 Å². The summed E-state index contributed by atoms with van der Waals surface area (Å²) in [6, 6.07) is 5.65. The fraction of sp³-hybridized carbons (Fsp3) is 0.100. The summed E-state index contributed by atoms with van der Waals surface area (Å²) in [4.78, 5) is 10.2. The summed E-state index contributed by atoms with van der Waals surface area (Å²) < 4.78 is 11.7. The molecule has 0 unspecified atom stereocenters. The van der Waals surface area contributed by atoms with E-state index in [2.05, 4.69) is 31.9 Å². The third-order valence-corrected chi connectivity index (χ3v) is 3.31. The van der Waals surface area contributed by atoms with Gasteiger partial charge in [-0.05, 0) is 28.1 Å². The Hall–Kier alpha value is -0.810. The molecule has 0 bridgehead atoms. The van der Waals surface area contributed by atoms with Gasteiger partial charge in [0.15, 0.2) is 4.67 Å². The van der Waals surface area contributed by atoms with E-state index in [9.17, 15) is 4.79 Å². The quantitative estimate of drug-likeness (QED) is 0.805. The van der Waals surface area contributed by atoms with Crippen molar-refractivity contribution in [1.29, 1.82) is 0 Å². The Balaban J connectivity index is 2.60. The van der Waals surface area contributed by atoms with E-state index in [0.717, 1.165) is 21.0 Å². The highest BCUT2D eigenvalue weighted by Crippen LogP contribution is 2.35. The highest BCUT2D eigenvalue weighted by Gasteiger charge is 2.14. The zero-order chi connectivity index (χ0) is 10.8. The van der Waals surface area contributed by atoms with Crippen molar-refractivity contribution in [1.82, 2.24) is 0 Å². The number of fused-ring (bicyclic) bond motifs is 1. The molecule has 2 rings (SSSR count). The maximum absolute atomic E-state index is 10.2. The molecule has 0 N–H and O–H groups in total. The Labute approximate surface area is 103 Å². The number of carbonyl (C=O) groups excluding carboxylic acids is 1. The lowest BCUT2D eigenvalue weighted by atomic mass is 10.2. The monoisotopic (exact) mass is 332 g/mol. The molecular weight excluding hydrogens is 328 g/mol. The summed E-state index contributed by atoms with van der Waals surface area (Å²) in [5.74, 6) is 0. The first-order chi connectivity index (χ1) is 7.24. The van der Waals surface area contributed by atoms with Crippen LogP contribution in [-0.4, -0.2) is 6.47 Å². The Bertz CT molecular complexity index is 505. The summed E-state index contributed by atoms with van der Waals surface area (Å²) in [5, 5.41) is 0.922. The lowest BCUT2D eigenvalue weighted by Gasteiger charge is -1.98. The molecule has 0 fully saturated rings. The van der Waals surface area contributed by atoms with E-state index < -0.39 is 0 Å². The van der Waals surface area contributed by atoms with Crippen LogP contribution in [0, 0.1) is 0 Å². The molecule has 15 heavy (non-hydrogen) atoms. The Morgan fingerprint density at radius 1 is 1.40 bits per heavy atom. The van der Waals surface area contributed by atoms with Crippen molar-refractivity contribution in [2.24, 2.45) is 0 Å². The minimum Gasteiger partial charge on any atom is -0.463 e. The Morgan fingerprint density at radius 3 is 2.93 bits per heavy atom. The fourth-order valence-electron chi connectivity index (χ4n) is 1.38. The average Bonchev–Trinajstić information content (AvgIpc) is 2.53. The number of furan rings is 1. The van der Waals surface area contributed by atoms with Crippen LogP contribution in [0.25, 0.3) is 11.0 Å². The summed E-state index contributed by atoms with van der Waals surface area (Å²) >= 11 is 6.72. The van der Waals surface area contributed by atoms with Crippen molar-refractivity contribution in [3.05, 3.63) is 32.9 Å². The molecule has 78 valence electrons. The maximum Gasteiger partial charge on any atom is 0.293 e. The molecule has 0 radical (unpaired) electrons. The number of hydrogen-bond donors (Lipinski definition) is 0. The van der Waals surface area contributed by atoms with Crippen LogP contribution in [-0.2, 0) is 16.1 Å². The standard InChI is InChI=1S/C10H6Br2O3/c11-7-2-1-3-8-9(7)6(4-14-5-13)10(12)15-8/h1-3,5H,4H2. The first-order valence-corrected chi connectivity index (χ1v) is 5.73. The van der Waals surface area contributed by atoms with E-state index >= 15 is 0 Å². The van der Waals surface area contributed by atoms with Crippen molar-refractivity contribution < 1.29 is 13.9 Å². The second kappa shape index (κ2) is 4.37. The van der Waals surface area contributed by atoms with Gasteiger partial charge >= 0.3 is 0 Å². The van der Waals surface area contributed by atoms with Gasteiger partial charge in [-0.1, -0.05) is 22.0 Å². The minimum atomic E-state index is 0.194. The highest BCUT2D eigenvalue weighted by molar-refractivity contribution is 9.11. The molecule has 0 saturated heterocycles. The van der Waals surface area contributed by atoms with Crippen LogP contribution in [0.4, 0.5) is 0 Å². The fourth-order valence-corrected chi connectivity index (χ4v) is 2.46. The molecule has 0 aliphatic rings. The van der Waals surface area contributed by atoms with Gasteiger partial charge in [0.1, 0.15) is 12.2 Å². The van der Waals surface area contributed by atoms with Gasteiger partial charge in [0.25, 0.3) is 6.47 Å². The third-order valence-electron chi connectivity index (χ3n) is 2.01. The first-order valence-electron chi connectivity index (χ1n) is 4.14. The van der Waals surface area contributed by atoms with Gasteiger partial charge < -0.3 is 9.15 Å². The maximum atomic E-state index is 10.2. The molecule has 1 heterocycles. The summed E-state index contributed by atoms with van der Waals surface area (Å²) in [6.45, 7) is 0.613. The van der Waals surface area contributed by atoms with Gasteiger partial charge in [0, 0.05) is 9.86 Å². The van der Waals surface area contributed by atoms with Crippen LogP contribution in [0.5, 0.6) is 0 Å². The molecule has 2 aromatic rings. The molecule has 1 aromatic heterocycles. The zero-order valence-corrected chi connectivity index (χ0v) is 10.7. The van der Waals surface area contributed by atoms with Gasteiger partial charge in [-0.2, -0.15) is 0 Å². The van der Waals surface area contributed by atoms with E-state index in [1.54, 1.807) is 0 Å². The number of benzene rings is 1. The zero-order valence-electron chi connectivity index (χ0n) is 7.50. The van der Waals surface area contributed by atoms with E-state index in [0.29, 0.717) is 11.1 Å². The average molecular weight is 334 g/mol. The first kappa shape index (κ1) is 10.7. The third kappa shape index (κ3) is 1.94. The van der Waals surface area contributed by atoms with Gasteiger partial charge in [0.2, 0.25) is 0 Å². The highest BCUT2D eigenvalue weighted by atomic mass is 79.9. The molecule has 0 atom stereocenters. The SMILES string of the molecule is O=COCc1c(Br)oc2cccc(Br)c12. The predicted molar refractivity (Wildman–Crippen MR) is 62.5 cm³/mol.